The second-order valence-electron chi connectivity index (χ2n) is 1.98. The molecule has 0 saturated carbocycles. The van der Waals surface area contributed by atoms with Gasteiger partial charge in [0.1, 0.15) is 0 Å². The highest BCUT2D eigenvalue weighted by molar-refractivity contribution is 7.32. The molecule has 1 unspecified atom stereocenters. The first-order valence-electron chi connectivity index (χ1n) is 3.37. The second kappa shape index (κ2) is 6.93. The molecular weight excluding hydrogens is 179 g/mol. The Morgan fingerprint density at radius 3 is 2.83 bits per heavy atom. The standard InChI is InChI=1S/C7H9O4P/c1-2-3-4-5-7(8)6-11-12(9)10/h4-6H2,1H3/p+1. The molecule has 5 heteroatoms. The largest absolute Gasteiger partial charge is 0.695 e. The summed E-state index contributed by atoms with van der Waals surface area (Å²) < 4.78 is 14.2. The van der Waals surface area contributed by atoms with Gasteiger partial charge in [-0.05, 0) is 6.92 Å². The summed E-state index contributed by atoms with van der Waals surface area (Å²) in [6, 6.07) is 0. The molecule has 0 aromatic rings. The molecule has 0 aliphatic rings. The van der Waals surface area contributed by atoms with Gasteiger partial charge in [-0.2, -0.15) is 0 Å². The fourth-order valence-electron chi connectivity index (χ4n) is 0.526. The van der Waals surface area contributed by atoms with Crippen LogP contribution in [0.5, 0.6) is 0 Å². The highest BCUT2D eigenvalue weighted by Crippen LogP contribution is 2.13. The van der Waals surface area contributed by atoms with E-state index in [1.165, 1.54) is 0 Å². The molecule has 0 aromatic heterocycles. The molecule has 0 radical (unpaired) electrons. The minimum atomic E-state index is -2.66. The van der Waals surface area contributed by atoms with E-state index in [2.05, 4.69) is 16.4 Å². The molecule has 0 rings (SSSR count). The summed E-state index contributed by atoms with van der Waals surface area (Å²) >= 11 is 0. The van der Waals surface area contributed by atoms with Gasteiger partial charge in [-0.15, -0.1) is 21.3 Å². The molecule has 0 amide bonds. The summed E-state index contributed by atoms with van der Waals surface area (Å²) in [6.45, 7) is 1.38. The van der Waals surface area contributed by atoms with E-state index in [1.54, 1.807) is 6.92 Å². The molecular formula is C7H10O4P+. The fourth-order valence-corrected chi connectivity index (χ4v) is 0.781. The number of hydrogen-bond acceptors (Lipinski definition) is 3. The van der Waals surface area contributed by atoms with E-state index in [1.807, 2.05) is 0 Å². The maximum atomic E-state index is 10.8. The number of carbonyl (C=O) groups is 1. The Labute approximate surface area is 71.9 Å². The van der Waals surface area contributed by atoms with Crippen LogP contribution in [0.4, 0.5) is 0 Å². The molecule has 0 fully saturated rings. The first-order chi connectivity index (χ1) is 5.66. The van der Waals surface area contributed by atoms with Gasteiger partial charge in [-0.3, -0.25) is 4.79 Å². The average Bonchev–Trinajstić information content (AvgIpc) is 2.01. The van der Waals surface area contributed by atoms with Crippen molar-refractivity contribution >= 4 is 14.0 Å². The van der Waals surface area contributed by atoms with Crippen molar-refractivity contribution in [2.45, 2.75) is 19.8 Å². The number of hydrogen-bond donors (Lipinski definition) is 1. The molecule has 0 aromatic carbocycles. The van der Waals surface area contributed by atoms with E-state index in [-0.39, 0.29) is 18.8 Å². The Morgan fingerprint density at radius 1 is 1.67 bits per heavy atom. The van der Waals surface area contributed by atoms with Gasteiger partial charge in [0, 0.05) is 17.4 Å². The van der Waals surface area contributed by atoms with Crippen LogP contribution in [0.1, 0.15) is 19.8 Å². The predicted molar refractivity (Wildman–Crippen MR) is 43.5 cm³/mol. The number of Topliss-reactive ketones (excluding diaryl/α,β-unsaturated/α-hetero) is 1. The van der Waals surface area contributed by atoms with Crippen LogP contribution in [0.25, 0.3) is 0 Å². The average molecular weight is 189 g/mol. The van der Waals surface area contributed by atoms with Gasteiger partial charge in [0.25, 0.3) is 0 Å². The topological polar surface area (TPSA) is 63.6 Å². The maximum absolute atomic E-state index is 10.8. The van der Waals surface area contributed by atoms with Crippen molar-refractivity contribution < 1.29 is 18.8 Å². The lowest BCUT2D eigenvalue weighted by Gasteiger charge is -1.88. The smallest absolute Gasteiger partial charge is 0.297 e. The monoisotopic (exact) mass is 189 g/mol. The maximum Gasteiger partial charge on any atom is 0.695 e. The Morgan fingerprint density at radius 2 is 2.33 bits per heavy atom. The normalized spacial score (nSPS) is 10.0. The van der Waals surface area contributed by atoms with E-state index < -0.39 is 8.25 Å². The van der Waals surface area contributed by atoms with E-state index in [9.17, 15) is 9.36 Å². The van der Waals surface area contributed by atoms with Gasteiger partial charge < -0.3 is 0 Å². The molecule has 1 atom stereocenters. The van der Waals surface area contributed by atoms with E-state index in [0.29, 0.717) is 6.42 Å². The summed E-state index contributed by atoms with van der Waals surface area (Å²) in [5.41, 5.74) is 0. The summed E-state index contributed by atoms with van der Waals surface area (Å²) in [7, 11) is -2.66. The van der Waals surface area contributed by atoms with Crippen molar-refractivity contribution in [3.8, 4) is 11.8 Å². The van der Waals surface area contributed by atoms with Crippen molar-refractivity contribution in [1.29, 1.82) is 0 Å². The fraction of sp³-hybridized carbons (Fsp3) is 0.571. The van der Waals surface area contributed by atoms with Crippen LogP contribution in [-0.2, 0) is 13.9 Å². The van der Waals surface area contributed by atoms with Gasteiger partial charge in [-0.1, -0.05) is 0 Å². The minimum absolute atomic E-state index is 0.213. The van der Waals surface area contributed by atoms with Crippen molar-refractivity contribution in [1.82, 2.24) is 0 Å². The highest BCUT2D eigenvalue weighted by Gasteiger charge is 2.14. The molecule has 0 saturated heterocycles. The molecule has 0 aliphatic heterocycles. The highest BCUT2D eigenvalue weighted by atomic mass is 31.1. The third kappa shape index (κ3) is 7.36. The van der Waals surface area contributed by atoms with E-state index >= 15 is 0 Å². The molecule has 0 spiro atoms. The van der Waals surface area contributed by atoms with Crippen LogP contribution in [0.3, 0.4) is 0 Å². The van der Waals surface area contributed by atoms with Crippen LogP contribution < -0.4 is 0 Å². The lowest BCUT2D eigenvalue weighted by Crippen LogP contribution is -2.04. The van der Waals surface area contributed by atoms with Crippen LogP contribution in [0, 0.1) is 11.8 Å². The number of ketones is 1. The molecule has 1 N–H and O–H groups in total. The Kier molecular flexibility index (Phi) is 6.50. The quantitative estimate of drug-likeness (QED) is 0.518. The zero-order chi connectivity index (χ0) is 9.40. The predicted octanol–water partition coefficient (Wildman–Crippen LogP) is 1.03. The molecule has 0 heterocycles. The first kappa shape index (κ1) is 11.2. The van der Waals surface area contributed by atoms with E-state index in [4.69, 9.17) is 4.89 Å². The molecule has 0 aliphatic carbocycles. The molecule has 12 heavy (non-hydrogen) atoms. The van der Waals surface area contributed by atoms with Gasteiger partial charge >= 0.3 is 8.25 Å². The number of carbonyl (C=O) groups excluding carboxylic acids is 1. The van der Waals surface area contributed by atoms with Gasteiger partial charge in [0.05, 0.1) is 0 Å². The lowest BCUT2D eigenvalue weighted by molar-refractivity contribution is -0.121. The van der Waals surface area contributed by atoms with Crippen LogP contribution >= 0.6 is 8.25 Å². The zero-order valence-electron chi connectivity index (χ0n) is 6.74. The minimum Gasteiger partial charge on any atom is -0.297 e. The third-order valence-corrected chi connectivity index (χ3v) is 1.39. The van der Waals surface area contributed by atoms with Crippen molar-refractivity contribution in [2.75, 3.05) is 6.61 Å². The summed E-state index contributed by atoms with van der Waals surface area (Å²) in [4.78, 5) is 19.0. The first-order valence-corrected chi connectivity index (χ1v) is 4.50. The second-order valence-corrected chi connectivity index (χ2v) is 2.71. The third-order valence-electron chi connectivity index (χ3n) is 1.04. The van der Waals surface area contributed by atoms with Crippen LogP contribution in [0.15, 0.2) is 0 Å². The van der Waals surface area contributed by atoms with Crippen LogP contribution in [-0.4, -0.2) is 17.3 Å². The molecule has 0 bridgehead atoms. The Hall–Kier alpha value is -0.750. The summed E-state index contributed by atoms with van der Waals surface area (Å²) in [5.74, 6) is 5.13. The van der Waals surface area contributed by atoms with Crippen molar-refractivity contribution in [3.05, 3.63) is 0 Å². The SMILES string of the molecule is CC#CCCC(=O)CO[P+](=O)O. The van der Waals surface area contributed by atoms with Crippen molar-refractivity contribution in [2.24, 2.45) is 0 Å². The van der Waals surface area contributed by atoms with Gasteiger partial charge in [-0.25, -0.2) is 0 Å². The Balaban J connectivity index is 3.44. The van der Waals surface area contributed by atoms with E-state index in [0.717, 1.165) is 0 Å². The molecule has 4 nitrogen and oxygen atoms in total. The summed E-state index contributed by atoms with van der Waals surface area (Å²) in [5, 5.41) is 0. The Bertz CT molecular complexity index is 225. The summed E-state index contributed by atoms with van der Waals surface area (Å²) in [6.07, 6.45) is 0.741. The number of rotatable bonds is 5. The lowest BCUT2D eigenvalue weighted by atomic mass is 10.2. The zero-order valence-corrected chi connectivity index (χ0v) is 7.63. The van der Waals surface area contributed by atoms with Crippen molar-refractivity contribution in [3.63, 3.8) is 0 Å². The van der Waals surface area contributed by atoms with Gasteiger partial charge in [0.2, 0.25) is 0 Å². The van der Waals surface area contributed by atoms with Crippen LogP contribution in [0.2, 0.25) is 0 Å². The van der Waals surface area contributed by atoms with Gasteiger partial charge in [0.15, 0.2) is 12.4 Å². The molecule has 66 valence electrons.